The molecule has 1 fully saturated rings. The molecule has 6 rings (SSSR count). The van der Waals surface area contributed by atoms with Gasteiger partial charge in [0.25, 0.3) is 5.91 Å². The van der Waals surface area contributed by atoms with E-state index >= 15 is 0 Å². The van der Waals surface area contributed by atoms with Crippen LogP contribution in [0.2, 0.25) is 0 Å². The van der Waals surface area contributed by atoms with Crippen LogP contribution in [0, 0.1) is 12.8 Å². The second-order valence-corrected chi connectivity index (χ2v) is 11.5. The number of aliphatic imine (C=N–C) groups is 1. The van der Waals surface area contributed by atoms with Crippen molar-refractivity contribution in [1.82, 2.24) is 14.7 Å². The summed E-state index contributed by atoms with van der Waals surface area (Å²) in [5, 5.41) is 5.76. The minimum Gasteiger partial charge on any atom is -0.489 e. The van der Waals surface area contributed by atoms with Crippen molar-refractivity contribution in [3.05, 3.63) is 107 Å². The third kappa shape index (κ3) is 5.89. The number of ether oxygens (including phenoxy) is 1. The summed E-state index contributed by atoms with van der Waals surface area (Å²) in [5.74, 6) is 1.30. The summed E-state index contributed by atoms with van der Waals surface area (Å²) in [4.78, 5) is 20.2. The predicted octanol–water partition coefficient (Wildman–Crippen LogP) is 7.13. The maximum absolute atomic E-state index is 13.0. The predicted molar refractivity (Wildman–Crippen MR) is 162 cm³/mol. The number of thioether (sulfide) groups is 1. The highest BCUT2D eigenvalue weighted by atomic mass is 32.2. The number of benzene rings is 3. The van der Waals surface area contributed by atoms with Crippen molar-refractivity contribution in [2.45, 2.75) is 33.3 Å². The molecule has 40 heavy (non-hydrogen) atoms. The third-order valence-corrected chi connectivity index (χ3v) is 8.39. The quantitative estimate of drug-likeness (QED) is 0.240. The molecule has 0 bridgehead atoms. The highest BCUT2D eigenvalue weighted by molar-refractivity contribution is 8.18. The number of aryl methyl sites for hydroxylation is 1. The lowest BCUT2D eigenvalue weighted by atomic mass is 10.00. The van der Waals surface area contributed by atoms with Gasteiger partial charge in [-0.1, -0.05) is 67.1 Å². The zero-order chi connectivity index (χ0) is 27.5. The number of carbonyl (C=O) groups is 1. The fraction of sp³-hybridized carbons (Fsp3) is 0.242. The van der Waals surface area contributed by atoms with Crippen molar-refractivity contribution in [3.63, 3.8) is 0 Å². The standard InChI is InChI=1S/C33H32N4O2S/c1-23-11-13-25(14-12-23)22-39-29-10-6-7-26(19-29)31-27(21-37(35-31)28-8-4-3-5-9-28)20-30-32(38)34-33(40-30)36-17-15-24(2)16-18-36/h3-14,19-21,24H,15-18,22H2,1-2H3/b30-20-. The number of para-hydroxylation sites is 1. The van der Waals surface area contributed by atoms with Gasteiger partial charge in [-0.2, -0.15) is 10.1 Å². The van der Waals surface area contributed by atoms with E-state index in [1.54, 1.807) is 0 Å². The molecule has 0 atom stereocenters. The van der Waals surface area contributed by atoms with Gasteiger partial charge in [-0.3, -0.25) is 4.79 Å². The first kappa shape index (κ1) is 26.1. The summed E-state index contributed by atoms with van der Waals surface area (Å²) in [6, 6.07) is 26.3. The molecule has 3 heterocycles. The van der Waals surface area contributed by atoms with Gasteiger partial charge in [0, 0.05) is 30.4 Å². The zero-order valence-corrected chi connectivity index (χ0v) is 23.6. The third-order valence-electron chi connectivity index (χ3n) is 7.35. The first-order chi connectivity index (χ1) is 19.5. The van der Waals surface area contributed by atoms with Crippen molar-refractivity contribution >= 4 is 28.9 Å². The average Bonchev–Trinajstić information content (AvgIpc) is 3.57. The van der Waals surface area contributed by atoms with Crippen LogP contribution >= 0.6 is 11.8 Å². The Balaban J connectivity index is 1.29. The molecule has 0 unspecified atom stereocenters. The maximum atomic E-state index is 13.0. The molecule has 6 nitrogen and oxygen atoms in total. The molecule has 0 saturated carbocycles. The van der Waals surface area contributed by atoms with Gasteiger partial charge in [-0.05, 0) is 73.4 Å². The van der Waals surface area contributed by atoms with Gasteiger partial charge in [0.2, 0.25) is 0 Å². The number of carbonyl (C=O) groups excluding carboxylic acids is 1. The van der Waals surface area contributed by atoms with Crippen molar-refractivity contribution in [2.24, 2.45) is 10.9 Å². The average molecular weight is 549 g/mol. The first-order valence-electron chi connectivity index (χ1n) is 13.7. The van der Waals surface area contributed by atoms with E-state index in [1.807, 2.05) is 71.6 Å². The number of hydrogen-bond acceptors (Lipinski definition) is 5. The van der Waals surface area contributed by atoms with Crippen LogP contribution in [0.5, 0.6) is 5.75 Å². The molecule has 2 aliphatic rings. The Hall–Kier alpha value is -4.10. The molecule has 7 heteroatoms. The molecular weight excluding hydrogens is 516 g/mol. The summed E-state index contributed by atoms with van der Waals surface area (Å²) in [6.45, 7) is 6.74. The lowest BCUT2D eigenvalue weighted by Gasteiger charge is -2.30. The smallest absolute Gasteiger partial charge is 0.286 e. The monoisotopic (exact) mass is 548 g/mol. The zero-order valence-electron chi connectivity index (χ0n) is 22.8. The Morgan fingerprint density at radius 2 is 1.77 bits per heavy atom. The van der Waals surface area contributed by atoms with Crippen LogP contribution in [0.3, 0.4) is 0 Å². The lowest BCUT2D eigenvalue weighted by Crippen LogP contribution is -2.35. The number of likely N-dealkylation sites (tertiary alicyclic amines) is 1. The van der Waals surface area contributed by atoms with Crippen LogP contribution < -0.4 is 4.74 Å². The Kier molecular flexibility index (Phi) is 7.55. The van der Waals surface area contributed by atoms with E-state index in [2.05, 4.69) is 48.0 Å². The fourth-order valence-corrected chi connectivity index (χ4v) is 5.84. The van der Waals surface area contributed by atoms with Gasteiger partial charge in [0.05, 0.1) is 10.6 Å². The number of piperidine rings is 1. The van der Waals surface area contributed by atoms with Gasteiger partial charge in [0.15, 0.2) is 5.17 Å². The highest BCUT2D eigenvalue weighted by Crippen LogP contribution is 2.35. The van der Waals surface area contributed by atoms with E-state index in [-0.39, 0.29) is 5.91 Å². The Morgan fingerprint density at radius 1 is 1.00 bits per heavy atom. The van der Waals surface area contributed by atoms with E-state index in [1.165, 1.54) is 17.3 Å². The molecule has 1 aromatic heterocycles. The fourth-order valence-electron chi connectivity index (χ4n) is 4.89. The van der Waals surface area contributed by atoms with Gasteiger partial charge in [0.1, 0.15) is 18.1 Å². The van der Waals surface area contributed by atoms with Crippen molar-refractivity contribution in [2.75, 3.05) is 13.1 Å². The van der Waals surface area contributed by atoms with Crippen LogP contribution in [0.25, 0.3) is 23.0 Å². The summed E-state index contributed by atoms with van der Waals surface area (Å²) in [5.41, 5.74) is 5.85. The largest absolute Gasteiger partial charge is 0.489 e. The second-order valence-electron chi connectivity index (χ2n) is 10.5. The summed E-state index contributed by atoms with van der Waals surface area (Å²) in [6.07, 6.45) is 6.16. The van der Waals surface area contributed by atoms with E-state index in [4.69, 9.17) is 9.84 Å². The van der Waals surface area contributed by atoms with Gasteiger partial charge >= 0.3 is 0 Å². The Morgan fingerprint density at radius 3 is 2.55 bits per heavy atom. The molecule has 3 aromatic carbocycles. The van der Waals surface area contributed by atoms with Gasteiger partial charge in [-0.15, -0.1) is 0 Å². The molecular formula is C33H32N4O2S. The van der Waals surface area contributed by atoms with Crippen LogP contribution in [-0.4, -0.2) is 38.8 Å². The molecule has 0 aliphatic carbocycles. The van der Waals surface area contributed by atoms with Crippen LogP contribution in [-0.2, 0) is 11.4 Å². The highest BCUT2D eigenvalue weighted by Gasteiger charge is 2.28. The lowest BCUT2D eigenvalue weighted by molar-refractivity contribution is -0.113. The molecule has 0 spiro atoms. The molecule has 0 radical (unpaired) electrons. The van der Waals surface area contributed by atoms with Crippen molar-refractivity contribution in [3.8, 4) is 22.7 Å². The maximum Gasteiger partial charge on any atom is 0.286 e. The van der Waals surface area contributed by atoms with E-state index in [0.29, 0.717) is 11.5 Å². The minimum atomic E-state index is -0.188. The topological polar surface area (TPSA) is 59.7 Å². The number of amidine groups is 1. The van der Waals surface area contributed by atoms with Crippen molar-refractivity contribution < 1.29 is 9.53 Å². The molecule has 1 amide bonds. The Bertz CT molecular complexity index is 1570. The number of aromatic nitrogens is 2. The first-order valence-corrected chi connectivity index (χ1v) is 14.5. The minimum absolute atomic E-state index is 0.188. The molecule has 1 saturated heterocycles. The Labute approximate surface area is 239 Å². The summed E-state index contributed by atoms with van der Waals surface area (Å²) >= 11 is 1.47. The number of nitrogens with zero attached hydrogens (tertiary/aromatic N) is 4. The number of rotatable bonds is 6. The summed E-state index contributed by atoms with van der Waals surface area (Å²) < 4.78 is 7.99. The van der Waals surface area contributed by atoms with Crippen LogP contribution in [0.15, 0.2) is 95.0 Å². The van der Waals surface area contributed by atoms with Gasteiger partial charge < -0.3 is 9.64 Å². The normalized spacial score (nSPS) is 16.9. The van der Waals surface area contributed by atoms with Gasteiger partial charge in [-0.25, -0.2) is 4.68 Å². The number of hydrogen-bond donors (Lipinski definition) is 0. The van der Waals surface area contributed by atoms with Crippen molar-refractivity contribution in [1.29, 1.82) is 0 Å². The van der Waals surface area contributed by atoms with E-state index in [9.17, 15) is 4.79 Å². The molecule has 202 valence electrons. The molecule has 0 N–H and O–H groups in total. The van der Waals surface area contributed by atoms with Crippen LogP contribution in [0.4, 0.5) is 0 Å². The molecule has 4 aromatic rings. The SMILES string of the molecule is Cc1ccc(COc2cccc(-c3nn(-c4ccccc4)cc3/C=C3\SC(N4CCC(C)CC4)=NC3=O)c2)cc1. The van der Waals surface area contributed by atoms with E-state index in [0.717, 1.165) is 70.8 Å². The van der Waals surface area contributed by atoms with Crippen LogP contribution in [0.1, 0.15) is 36.5 Å². The van der Waals surface area contributed by atoms with E-state index < -0.39 is 0 Å². The second kappa shape index (κ2) is 11.6. The molecule has 2 aliphatic heterocycles. The summed E-state index contributed by atoms with van der Waals surface area (Å²) in [7, 11) is 0. The number of amides is 1.